The number of hydrogen-bond acceptors (Lipinski definition) is 6. The summed E-state index contributed by atoms with van der Waals surface area (Å²) in [6.45, 7) is 2.18. The Kier molecular flexibility index (Phi) is 6.44. The number of anilines is 2. The minimum Gasteiger partial charge on any atom is -0.484 e. The third-order valence-corrected chi connectivity index (χ3v) is 6.39. The first-order chi connectivity index (χ1) is 15.3. The Labute approximate surface area is 186 Å². The molecule has 0 fully saturated rings. The van der Waals surface area contributed by atoms with Crippen LogP contribution in [0.2, 0.25) is 0 Å². The summed E-state index contributed by atoms with van der Waals surface area (Å²) in [7, 11) is -4.83. The van der Waals surface area contributed by atoms with Gasteiger partial charge in [-0.05, 0) is 25.1 Å². The number of nitrogens with one attached hydrogen (secondary N) is 2. The number of sulfonamides is 1. The molecule has 3 rings (SSSR count). The lowest BCUT2D eigenvalue weighted by molar-refractivity contribution is -0.143. The molecule has 0 radical (unpaired) electrons. The smallest absolute Gasteiger partial charge is 0.436 e. The van der Waals surface area contributed by atoms with Crippen LogP contribution < -0.4 is 19.7 Å². The molecule has 11 nitrogen and oxygen atoms in total. The lowest BCUT2D eigenvalue weighted by atomic mass is 10.2. The van der Waals surface area contributed by atoms with E-state index in [4.69, 9.17) is 9.84 Å². The number of alkyl halides is 3. The number of carbonyl (C=O) groups excluding carboxylic acids is 1. The van der Waals surface area contributed by atoms with E-state index in [0.717, 1.165) is 16.9 Å². The van der Waals surface area contributed by atoms with Crippen molar-refractivity contribution in [1.82, 2.24) is 15.1 Å². The highest BCUT2D eigenvalue weighted by molar-refractivity contribution is 7.92. The molecule has 0 saturated heterocycles. The number of amides is 2. The number of carboxylic acid groups (broad SMARTS) is 1. The fourth-order valence-corrected chi connectivity index (χ4v) is 4.83. The first kappa shape index (κ1) is 24.2. The Morgan fingerprint density at radius 2 is 2.03 bits per heavy atom. The van der Waals surface area contributed by atoms with Crippen molar-refractivity contribution in [2.75, 3.05) is 22.7 Å². The SMILES string of the molecule is CCn1cc(S(=O)(=O)N2CC(CNC(C)=O)Oc3ccc(NC(=O)O)cc32)c(C(F)(F)F)n1. The number of halogens is 3. The van der Waals surface area contributed by atoms with Gasteiger partial charge in [0.15, 0.2) is 5.69 Å². The minimum atomic E-state index is -5.04. The van der Waals surface area contributed by atoms with Crippen LogP contribution in [-0.4, -0.2) is 54.5 Å². The van der Waals surface area contributed by atoms with Crippen molar-refractivity contribution in [2.45, 2.75) is 37.6 Å². The molecule has 2 amide bonds. The quantitative estimate of drug-likeness (QED) is 0.562. The maximum Gasteiger partial charge on any atom is 0.436 e. The molecule has 1 aromatic carbocycles. The van der Waals surface area contributed by atoms with Crippen molar-refractivity contribution in [2.24, 2.45) is 0 Å². The number of benzene rings is 1. The monoisotopic (exact) mass is 491 g/mol. The van der Waals surface area contributed by atoms with E-state index in [-0.39, 0.29) is 30.2 Å². The number of rotatable bonds is 6. The molecular formula is C18H20F3N5O6S. The Bertz CT molecular complexity index is 1180. The van der Waals surface area contributed by atoms with Gasteiger partial charge in [-0.2, -0.15) is 18.3 Å². The van der Waals surface area contributed by atoms with Crippen LogP contribution in [0.3, 0.4) is 0 Å². The second-order valence-electron chi connectivity index (χ2n) is 7.02. The van der Waals surface area contributed by atoms with E-state index in [9.17, 15) is 31.2 Å². The van der Waals surface area contributed by atoms with Crippen molar-refractivity contribution in [1.29, 1.82) is 0 Å². The van der Waals surface area contributed by atoms with Crippen LogP contribution in [0.1, 0.15) is 19.5 Å². The van der Waals surface area contributed by atoms with E-state index in [1.807, 2.05) is 0 Å². The molecule has 0 bridgehead atoms. The minimum absolute atomic E-state index is 0.00383. The Balaban J connectivity index is 2.14. The predicted octanol–water partition coefficient (Wildman–Crippen LogP) is 2.10. The van der Waals surface area contributed by atoms with Gasteiger partial charge in [-0.15, -0.1) is 0 Å². The average molecular weight is 491 g/mol. The molecule has 0 aliphatic carbocycles. The fourth-order valence-electron chi connectivity index (χ4n) is 3.17. The summed E-state index contributed by atoms with van der Waals surface area (Å²) in [5, 5.41) is 16.8. The number of carbonyl (C=O) groups is 2. The van der Waals surface area contributed by atoms with Crippen LogP contribution in [-0.2, 0) is 27.5 Å². The van der Waals surface area contributed by atoms with Crippen molar-refractivity contribution in [3.8, 4) is 5.75 Å². The molecule has 2 heterocycles. The standard InChI is InChI=1S/C18H20F3N5O6S/c1-3-25-9-15(16(24-25)18(19,20)21)33(30,31)26-8-12(7-22-10(2)27)32-14-5-4-11(6-13(14)26)23-17(28)29/h4-6,9,12,23H,3,7-8H2,1-2H3,(H,22,27)(H,28,29). The van der Waals surface area contributed by atoms with Gasteiger partial charge in [0.1, 0.15) is 16.7 Å². The highest BCUT2D eigenvalue weighted by Crippen LogP contribution is 2.41. The molecule has 1 aromatic heterocycles. The summed E-state index contributed by atoms with van der Waals surface area (Å²) in [4.78, 5) is 21.2. The van der Waals surface area contributed by atoms with E-state index < -0.39 is 51.4 Å². The third-order valence-electron chi connectivity index (χ3n) is 4.61. The number of nitrogens with zero attached hydrogens (tertiary/aromatic N) is 3. The molecule has 0 spiro atoms. The summed E-state index contributed by atoms with van der Waals surface area (Å²) in [5.74, 6) is -0.434. The summed E-state index contributed by atoms with van der Waals surface area (Å²) >= 11 is 0. The van der Waals surface area contributed by atoms with Gasteiger partial charge in [0, 0.05) is 25.4 Å². The van der Waals surface area contributed by atoms with Crippen molar-refractivity contribution in [3.05, 3.63) is 30.1 Å². The van der Waals surface area contributed by atoms with Crippen LogP contribution >= 0.6 is 0 Å². The van der Waals surface area contributed by atoms with Gasteiger partial charge in [-0.1, -0.05) is 0 Å². The topological polar surface area (TPSA) is 143 Å². The van der Waals surface area contributed by atoms with Crippen molar-refractivity contribution in [3.63, 3.8) is 0 Å². The molecule has 33 heavy (non-hydrogen) atoms. The third kappa shape index (κ3) is 5.13. The van der Waals surface area contributed by atoms with Gasteiger partial charge in [-0.3, -0.25) is 19.1 Å². The molecule has 1 unspecified atom stereocenters. The van der Waals surface area contributed by atoms with Gasteiger partial charge >= 0.3 is 12.3 Å². The molecule has 1 aliphatic rings. The maximum absolute atomic E-state index is 13.6. The van der Waals surface area contributed by atoms with Crippen LogP contribution in [0, 0.1) is 0 Å². The molecule has 3 N–H and O–H groups in total. The molecule has 180 valence electrons. The summed E-state index contributed by atoms with van der Waals surface area (Å²) in [6.07, 6.45) is -6.60. The average Bonchev–Trinajstić information content (AvgIpc) is 3.17. The van der Waals surface area contributed by atoms with Crippen LogP contribution in [0.4, 0.5) is 29.3 Å². The maximum atomic E-state index is 13.6. The normalized spacial score (nSPS) is 16.0. The summed E-state index contributed by atoms with van der Waals surface area (Å²) in [5.41, 5.74) is -1.76. The Morgan fingerprint density at radius 3 is 2.61 bits per heavy atom. The van der Waals surface area contributed by atoms with Crippen LogP contribution in [0.5, 0.6) is 5.75 Å². The molecule has 1 atom stereocenters. The summed E-state index contributed by atoms with van der Waals surface area (Å²) < 4.78 is 74.9. The molecule has 2 aromatic rings. The summed E-state index contributed by atoms with van der Waals surface area (Å²) in [6, 6.07) is 3.71. The molecule has 0 saturated carbocycles. The van der Waals surface area contributed by atoms with E-state index >= 15 is 0 Å². The van der Waals surface area contributed by atoms with Gasteiger partial charge in [0.25, 0.3) is 10.0 Å². The van der Waals surface area contributed by atoms with Gasteiger partial charge in [0.05, 0.1) is 18.8 Å². The van der Waals surface area contributed by atoms with Crippen molar-refractivity contribution >= 4 is 33.4 Å². The number of fused-ring (bicyclic) bond motifs is 1. The largest absolute Gasteiger partial charge is 0.484 e. The Hall–Kier alpha value is -3.49. The number of ether oxygens (including phenoxy) is 1. The fraction of sp³-hybridized carbons (Fsp3) is 0.389. The van der Waals surface area contributed by atoms with Gasteiger partial charge < -0.3 is 15.2 Å². The van der Waals surface area contributed by atoms with Crippen molar-refractivity contribution < 1.29 is 41.0 Å². The number of hydrogen-bond donors (Lipinski definition) is 3. The number of aryl methyl sites for hydroxylation is 1. The molecular weight excluding hydrogens is 471 g/mol. The van der Waals surface area contributed by atoms with E-state index in [0.29, 0.717) is 4.31 Å². The van der Waals surface area contributed by atoms with E-state index in [1.165, 1.54) is 26.0 Å². The lowest BCUT2D eigenvalue weighted by Crippen LogP contribution is -2.48. The second-order valence-corrected chi connectivity index (χ2v) is 8.85. The van der Waals surface area contributed by atoms with Crippen LogP contribution in [0.15, 0.2) is 29.3 Å². The lowest BCUT2D eigenvalue weighted by Gasteiger charge is -2.35. The second kappa shape index (κ2) is 8.80. The number of aromatic nitrogens is 2. The zero-order chi connectivity index (χ0) is 24.6. The van der Waals surface area contributed by atoms with Gasteiger partial charge in [0.2, 0.25) is 5.91 Å². The predicted molar refractivity (Wildman–Crippen MR) is 109 cm³/mol. The zero-order valence-electron chi connectivity index (χ0n) is 17.4. The molecule has 15 heteroatoms. The van der Waals surface area contributed by atoms with E-state index in [2.05, 4.69) is 15.7 Å². The van der Waals surface area contributed by atoms with E-state index in [1.54, 1.807) is 0 Å². The van der Waals surface area contributed by atoms with Gasteiger partial charge in [-0.25, -0.2) is 13.2 Å². The first-order valence-corrected chi connectivity index (χ1v) is 11.0. The first-order valence-electron chi connectivity index (χ1n) is 9.55. The van der Waals surface area contributed by atoms with Crippen LogP contribution in [0.25, 0.3) is 0 Å². The molecule has 1 aliphatic heterocycles. The zero-order valence-corrected chi connectivity index (χ0v) is 18.2. The Morgan fingerprint density at radius 1 is 1.33 bits per heavy atom. The highest BCUT2D eigenvalue weighted by Gasteiger charge is 2.44. The highest BCUT2D eigenvalue weighted by atomic mass is 32.2.